The molecule has 0 aliphatic carbocycles. The molecule has 4 nitrogen and oxygen atoms in total. The molecule has 0 bridgehead atoms. The van der Waals surface area contributed by atoms with Crippen molar-refractivity contribution in [3.63, 3.8) is 0 Å². The smallest absolute Gasteiger partial charge is 0.475 e. The molecule has 0 saturated carbocycles. The summed E-state index contributed by atoms with van der Waals surface area (Å²) >= 11 is 3.50. The monoisotopic (exact) mass is 530 g/mol. The maximum atomic E-state index is 10.6. The van der Waals surface area contributed by atoms with Crippen LogP contribution in [0.4, 0.5) is 13.2 Å². The number of rotatable bonds is 5. The number of imidazole rings is 1. The van der Waals surface area contributed by atoms with Crippen molar-refractivity contribution in [1.29, 1.82) is 0 Å². The average Bonchev–Trinajstić information content (AvgIpc) is 3.22. The van der Waals surface area contributed by atoms with Crippen LogP contribution in [0.15, 0.2) is 89.7 Å². The van der Waals surface area contributed by atoms with Gasteiger partial charge in [-0.05, 0) is 41.3 Å². The molecule has 0 saturated heterocycles. The zero-order valence-corrected chi connectivity index (χ0v) is 19.8. The summed E-state index contributed by atoms with van der Waals surface area (Å²) in [5.74, 6) is -2.76. The van der Waals surface area contributed by atoms with Crippen LogP contribution in [0.5, 0.6) is 0 Å². The number of hydrogen-bond donors (Lipinski definition) is 1. The second-order valence-corrected chi connectivity index (χ2v) is 8.31. The fourth-order valence-corrected chi connectivity index (χ4v) is 3.70. The summed E-state index contributed by atoms with van der Waals surface area (Å²) in [5.41, 5.74) is 7.28. The summed E-state index contributed by atoms with van der Waals surface area (Å²) in [6.45, 7) is 3.02. The molecule has 0 fully saturated rings. The number of aliphatic carboxylic acids is 1. The van der Waals surface area contributed by atoms with Crippen molar-refractivity contribution >= 4 is 21.9 Å². The lowest BCUT2D eigenvalue weighted by atomic mass is 10.0. The van der Waals surface area contributed by atoms with Crippen molar-refractivity contribution in [3.8, 4) is 22.4 Å². The highest BCUT2D eigenvalue weighted by Gasteiger charge is 2.38. The lowest BCUT2D eigenvalue weighted by molar-refractivity contribution is -0.192. The number of carbonyl (C=O) groups is 1. The van der Waals surface area contributed by atoms with Gasteiger partial charge < -0.3 is 9.67 Å². The van der Waals surface area contributed by atoms with Gasteiger partial charge in [-0.1, -0.05) is 83.5 Å². The zero-order chi connectivity index (χ0) is 24.7. The van der Waals surface area contributed by atoms with Crippen molar-refractivity contribution in [2.75, 3.05) is 0 Å². The molecule has 176 valence electrons. The number of hydrogen-bond acceptors (Lipinski definition) is 2. The first kappa shape index (κ1) is 25.2. The Balaban J connectivity index is 0.000000406. The molecule has 0 aliphatic rings. The summed E-state index contributed by atoms with van der Waals surface area (Å²) in [6.07, 6.45) is -2.17. The number of alkyl halides is 3. The first-order valence-electron chi connectivity index (χ1n) is 10.4. The van der Waals surface area contributed by atoms with Crippen LogP contribution in [0, 0.1) is 0 Å². The molecule has 0 unspecified atom stereocenters. The largest absolute Gasteiger partial charge is 0.490 e. The number of benzene rings is 3. The van der Waals surface area contributed by atoms with E-state index >= 15 is 0 Å². The molecule has 3 aromatic carbocycles. The third-order valence-corrected chi connectivity index (χ3v) is 5.56. The van der Waals surface area contributed by atoms with Crippen molar-refractivity contribution in [2.45, 2.75) is 26.1 Å². The van der Waals surface area contributed by atoms with Crippen LogP contribution in [0.1, 0.15) is 18.2 Å². The maximum Gasteiger partial charge on any atom is 0.490 e. The lowest BCUT2D eigenvalue weighted by Gasteiger charge is -2.10. The number of aromatic nitrogens is 2. The van der Waals surface area contributed by atoms with Crippen LogP contribution in [0.2, 0.25) is 0 Å². The van der Waals surface area contributed by atoms with Gasteiger partial charge in [-0.15, -0.1) is 0 Å². The van der Waals surface area contributed by atoms with E-state index in [0.29, 0.717) is 0 Å². The predicted molar refractivity (Wildman–Crippen MR) is 129 cm³/mol. The molecular weight excluding hydrogens is 509 g/mol. The summed E-state index contributed by atoms with van der Waals surface area (Å²) in [4.78, 5) is 13.6. The SMILES string of the molecule is CCc1c(-c2ccc(Br)cc2)ncn1Cc1cccc(-c2ccccc2)c1.O=C(O)C(F)(F)F. The molecule has 0 aliphatic heterocycles. The third-order valence-electron chi connectivity index (χ3n) is 5.03. The summed E-state index contributed by atoms with van der Waals surface area (Å²) < 4.78 is 35.1. The van der Waals surface area contributed by atoms with E-state index in [9.17, 15) is 13.2 Å². The van der Waals surface area contributed by atoms with Crippen molar-refractivity contribution in [1.82, 2.24) is 9.55 Å². The number of carboxylic acid groups (broad SMARTS) is 1. The third kappa shape index (κ3) is 6.57. The van der Waals surface area contributed by atoms with E-state index in [0.717, 1.165) is 28.7 Å². The standard InChI is InChI=1S/C24H21BrN2.C2HF3O2/c1-2-23-24(20-11-13-22(25)14-12-20)26-17-27(23)16-18-7-6-10-21(15-18)19-8-4-3-5-9-19;3-2(4,5)1(6)7/h3-15,17H,2,16H2,1H3;(H,6,7). The molecular formula is C26H22BrF3N2O2. The van der Waals surface area contributed by atoms with Gasteiger partial charge in [-0.2, -0.15) is 13.2 Å². The Hall–Kier alpha value is -3.39. The Bertz CT molecular complexity index is 1240. The van der Waals surface area contributed by atoms with E-state index in [1.807, 2.05) is 6.33 Å². The van der Waals surface area contributed by atoms with Crippen molar-refractivity contribution in [2.24, 2.45) is 0 Å². The minimum atomic E-state index is -5.08. The average molecular weight is 531 g/mol. The van der Waals surface area contributed by atoms with E-state index in [2.05, 4.69) is 106 Å². The quantitative estimate of drug-likeness (QED) is 0.296. The number of nitrogens with zero attached hydrogens (tertiary/aromatic N) is 2. The molecule has 1 N–H and O–H groups in total. The van der Waals surface area contributed by atoms with E-state index in [1.54, 1.807) is 0 Å². The fraction of sp³-hybridized carbons (Fsp3) is 0.154. The number of carboxylic acids is 1. The Labute approximate surface area is 203 Å². The van der Waals surface area contributed by atoms with Crippen LogP contribution < -0.4 is 0 Å². The lowest BCUT2D eigenvalue weighted by Crippen LogP contribution is -2.21. The van der Waals surface area contributed by atoms with Crippen LogP contribution in [-0.2, 0) is 17.8 Å². The van der Waals surface area contributed by atoms with Gasteiger partial charge in [0.25, 0.3) is 0 Å². The molecule has 34 heavy (non-hydrogen) atoms. The van der Waals surface area contributed by atoms with Gasteiger partial charge in [-0.3, -0.25) is 0 Å². The summed E-state index contributed by atoms with van der Waals surface area (Å²) in [7, 11) is 0. The van der Waals surface area contributed by atoms with Crippen molar-refractivity contribution < 1.29 is 23.1 Å². The van der Waals surface area contributed by atoms with Gasteiger partial charge in [0.1, 0.15) is 0 Å². The van der Waals surface area contributed by atoms with E-state index in [4.69, 9.17) is 14.9 Å². The van der Waals surface area contributed by atoms with Crippen LogP contribution in [-0.4, -0.2) is 26.8 Å². The van der Waals surface area contributed by atoms with Gasteiger partial charge >= 0.3 is 12.1 Å². The summed E-state index contributed by atoms with van der Waals surface area (Å²) in [6, 6.07) is 27.6. The van der Waals surface area contributed by atoms with Gasteiger partial charge in [0, 0.05) is 22.3 Å². The van der Waals surface area contributed by atoms with E-state index in [1.165, 1.54) is 22.4 Å². The molecule has 0 radical (unpaired) electrons. The van der Waals surface area contributed by atoms with Gasteiger partial charge in [0.15, 0.2) is 0 Å². The topological polar surface area (TPSA) is 55.1 Å². The Kier molecular flexibility index (Phi) is 8.28. The highest BCUT2D eigenvalue weighted by Crippen LogP contribution is 2.26. The summed E-state index contributed by atoms with van der Waals surface area (Å²) in [5, 5.41) is 7.12. The second-order valence-electron chi connectivity index (χ2n) is 7.40. The molecule has 8 heteroatoms. The van der Waals surface area contributed by atoms with Crippen molar-refractivity contribution in [3.05, 3.63) is 101 Å². The number of halogens is 4. The highest BCUT2D eigenvalue weighted by atomic mass is 79.9. The van der Waals surface area contributed by atoms with Crippen LogP contribution in [0.25, 0.3) is 22.4 Å². The minimum absolute atomic E-state index is 0.827. The molecule has 1 heterocycles. The Morgan fingerprint density at radius 2 is 1.56 bits per heavy atom. The molecule has 0 atom stereocenters. The maximum absolute atomic E-state index is 10.6. The van der Waals surface area contributed by atoms with Crippen LogP contribution >= 0.6 is 15.9 Å². The molecule has 4 rings (SSSR count). The zero-order valence-electron chi connectivity index (χ0n) is 18.3. The van der Waals surface area contributed by atoms with E-state index in [-0.39, 0.29) is 0 Å². The normalized spacial score (nSPS) is 11.0. The van der Waals surface area contributed by atoms with Gasteiger partial charge in [0.05, 0.1) is 12.0 Å². The Morgan fingerprint density at radius 3 is 2.15 bits per heavy atom. The minimum Gasteiger partial charge on any atom is -0.475 e. The molecule has 0 amide bonds. The van der Waals surface area contributed by atoms with Crippen LogP contribution in [0.3, 0.4) is 0 Å². The fourth-order valence-electron chi connectivity index (χ4n) is 3.44. The molecule has 1 aromatic heterocycles. The second kappa shape index (κ2) is 11.2. The molecule has 4 aromatic rings. The first-order chi connectivity index (χ1) is 16.2. The van der Waals surface area contributed by atoms with E-state index < -0.39 is 12.1 Å². The van der Waals surface area contributed by atoms with Gasteiger partial charge in [-0.25, -0.2) is 9.78 Å². The molecule has 0 spiro atoms. The first-order valence-corrected chi connectivity index (χ1v) is 11.2. The van der Waals surface area contributed by atoms with Gasteiger partial charge in [0.2, 0.25) is 0 Å². The highest BCUT2D eigenvalue weighted by molar-refractivity contribution is 9.10. The Morgan fingerprint density at radius 1 is 0.941 bits per heavy atom. The predicted octanol–water partition coefficient (Wildman–Crippen LogP) is 7.22.